The SMILES string of the molecule is CC(C)NC(=NCC(=O)N(C)C)NC1CCOC(C(C)(C)C)C1.I. The number of carbonyl (C=O) groups excluding carboxylic acids is 1. The Morgan fingerprint density at radius 3 is 2.46 bits per heavy atom. The number of carbonyl (C=O) groups is 1. The topological polar surface area (TPSA) is 66.0 Å². The Kier molecular flexibility index (Phi) is 10.2. The fourth-order valence-corrected chi connectivity index (χ4v) is 2.42. The summed E-state index contributed by atoms with van der Waals surface area (Å²) in [5.74, 6) is 0.698. The molecule has 1 rings (SSSR count). The number of hydrogen-bond donors (Lipinski definition) is 2. The van der Waals surface area contributed by atoms with E-state index in [1.165, 1.54) is 0 Å². The monoisotopic (exact) mass is 454 g/mol. The Labute approximate surface area is 164 Å². The van der Waals surface area contributed by atoms with Crippen molar-refractivity contribution >= 4 is 35.8 Å². The van der Waals surface area contributed by atoms with Gasteiger partial charge in [-0.05, 0) is 32.1 Å². The van der Waals surface area contributed by atoms with Crippen molar-refractivity contribution < 1.29 is 9.53 Å². The second-order valence-electron chi connectivity index (χ2n) is 7.84. The first kappa shape index (κ1) is 23.4. The van der Waals surface area contributed by atoms with E-state index in [4.69, 9.17) is 4.74 Å². The van der Waals surface area contributed by atoms with E-state index < -0.39 is 0 Å². The van der Waals surface area contributed by atoms with Crippen molar-refractivity contribution in [2.45, 2.75) is 65.6 Å². The molecule has 1 saturated heterocycles. The number of nitrogens with one attached hydrogen (secondary N) is 2. The van der Waals surface area contributed by atoms with Crippen molar-refractivity contribution in [2.75, 3.05) is 27.2 Å². The molecule has 0 aliphatic carbocycles. The Bertz CT molecular complexity index is 419. The first-order chi connectivity index (χ1) is 10.6. The zero-order valence-electron chi connectivity index (χ0n) is 16.2. The van der Waals surface area contributed by atoms with Gasteiger partial charge in [-0.2, -0.15) is 0 Å². The summed E-state index contributed by atoms with van der Waals surface area (Å²) < 4.78 is 5.90. The van der Waals surface area contributed by atoms with E-state index in [-0.39, 0.29) is 54.0 Å². The third-order valence-electron chi connectivity index (χ3n) is 3.89. The van der Waals surface area contributed by atoms with Gasteiger partial charge in [0.2, 0.25) is 5.91 Å². The van der Waals surface area contributed by atoms with Gasteiger partial charge in [0.15, 0.2) is 5.96 Å². The maximum absolute atomic E-state index is 11.8. The molecule has 6 nitrogen and oxygen atoms in total. The minimum Gasteiger partial charge on any atom is -0.378 e. The summed E-state index contributed by atoms with van der Waals surface area (Å²) in [4.78, 5) is 17.7. The van der Waals surface area contributed by atoms with Gasteiger partial charge in [0.1, 0.15) is 6.54 Å². The normalized spacial score (nSPS) is 21.9. The van der Waals surface area contributed by atoms with Crippen LogP contribution in [0.2, 0.25) is 0 Å². The van der Waals surface area contributed by atoms with Crippen LogP contribution < -0.4 is 10.6 Å². The van der Waals surface area contributed by atoms with Gasteiger partial charge in [0.25, 0.3) is 0 Å². The summed E-state index contributed by atoms with van der Waals surface area (Å²) in [6.07, 6.45) is 2.13. The van der Waals surface area contributed by atoms with Crippen LogP contribution in [0.15, 0.2) is 4.99 Å². The number of amides is 1. The molecule has 0 radical (unpaired) electrons. The summed E-state index contributed by atoms with van der Waals surface area (Å²) >= 11 is 0. The number of likely N-dealkylation sites (N-methyl/N-ethyl adjacent to an activating group) is 1. The van der Waals surface area contributed by atoms with E-state index in [9.17, 15) is 4.79 Å². The molecule has 2 N–H and O–H groups in total. The molecule has 0 spiro atoms. The first-order valence-electron chi connectivity index (χ1n) is 8.49. The highest BCUT2D eigenvalue weighted by Gasteiger charge is 2.32. The molecule has 24 heavy (non-hydrogen) atoms. The maximum Gasteiger partial charge on any atom is 0.243 e. The molecule has 2 unspecified atom stereocenters. The average molecular weight is 454 g/mol. The molecule has 2 atom stereocenters. The number of aliphatic imine (C=N–C) groups is 1. The van der Waals surface area contributed by atoms with Crippen LogP contribution in [0, 0.1) is 5.41 Å². The summed E-state index contributed by atoms with van der Waals surface area (Å²) in [6, 6.07) is 0.571. The lowest BCUT2D eigenvalue weighted by Crippen LogP contribution is -2.51. The lowest BCUT2D eigenvalue weighted by atomic mass is 9.83. The van der Waals surface area contributed by atoms with Crippen LogP contribution >= 0.6 is 24.0 Å². The molecule has 0 saturated carbocycles. The van der Waals surface area contributed by atoms with E-state index >= 15 is 0 Å². The number of halogens is 1. The van der Waals surface area contributed by atoms with Crippen molar-refractivity contribution in [1.29, 1.82) is 0 Å². The zero-order valence-corrected chi connectivity index (χ0v) is 18.5. The highest BCUT2D eigenvalue weighted by molar-refractivity contribution is 14.0. The molecule has 0 aromatic heterocycles. The zero-order chi connectivity index (χ0) is 17.6. The molecule has 1 aliphatic heterocycles. The van der Waals surface area contributed by atoms with Gasteiger partial charge in [-0.3, -0.25) is 4.79 Å². The predicted octanol–water partition coefficient (Wildman–Crippen LogP) is 2.23. The van der Waals surface area contributed by atoms with Gasteiger partial charge in [0.05, 0.1) is 6.10 Å². The van der Waals surface area contributed by atoms with Gasteiger partial charge in [-0.15, -0.1) is 24.0 Å². The maximum atomic E-state index is 11.8. The smallest absolute Gasteiger partial charge is 0.243 e. The van der Waals surface area contributed by atoms with E-state index in [1.807, 2.05) is 0 Å². The largest absolute Gasteiger partial charge is 0.378 e. The molecule has 142 valence electrons. The average Bonchev–Trinajstić information content (AvgIpc) is 2.43. The summed E-state index contributed by atoms with van der Waals surface area (Å²) in [5.41, 5.74) is 0.129. The van der Waals surface area contributed by atoms with Gasteiger partial charge < -0.3 is 20.3 Å². The Morgan fingerprint density at radius 2 is 1.96 bits per heavy atom. The Morgan fingerprint density at radius 1 is 1.33 bits per heavy atom. The summed E-state index contributed by atoms with van der Waals surface area (Å²) in [5, 5.41) is 6.77. The Hall–Kier alpha value is -0.570. The highest BCUT2D eigenvalue weighted by Crippen LogP contribution is 2.29. The van der Waals surface area contributed by atoms with Gasteiger partial charge in [0, 0.05) is 32.8 Å². The molecular formula is C17H35IN4O2. The van der Waals surface area contributed by atoms with Crippen molar-refractivity contribution in [2.24, 2.45) is 10.4 Å². The number of ether oxygens (including phenoxy) is 1. The fraction of sp³-hybridized carbons (Fsp3) is 0.882. The Balaban J connectivity index is 0.00000529. The van der Waals surface area contributed by atoms with Crippen molar-refractivity contribution in [3.05, 3.63) is 0 Å². The molecule has 7 heteroatoms. The first-order valence-corrected chi connectivity index (χ1v) is 8.49. The number of guanidine groups is 1. The highest BCUT2D eigenvalue weighted by atomic mass is 127. The van der Waals surface area contributed by atoms with Crippen LogP contribution in [-0.2, 0) is 9.53 Å². The van der Waals surface area contributed by atoms with E-state index in [0.29, 0.717) is 12.0 Å². The number of nitrogens with zero attached hydrogens (tertiary/aromatic N) is 2. The third-order valence-corrected chi connectivity index (χ3v) is 3.89. The molecule has 1 aliphatic rings. The quantitative estimate of drug-likeness (QED) is 0.389. The van der Waals surface area contributed by atoms with E-state index in [2.05, 4.69) is 50.2 Å². The van der Waals surface area contributed by atoms with Crippen LogP contribution in [0.3, 0.4) is 0 Å². The van der Waals surface area contributed by atoms with Crippen LogP contribution in [0.5, 0.6) is 0 Å². The molecule has 0 bridgehead atoms. The van der Waals surface area contributed by atoms with Gasteiger partial charge in [-0.25, -0.2) is 4.99 Å². The molecular weight excluding hydrogens is 419 g/mol. The second kappa shape index (κ2) is 10.4. The molecule has 1 heterocycles. The minimum atomic E-state index is -0.00518. The lowest BCUT2D eigenvalue weighted by Gasteiger charge is -2.38. The standard InChI is InChI=1S/C17H34N4O2.HI/c1-12(2)19-16(18-11-15(22)21(6)7)20-13-8-9-23-14(10-13)17(3,4)5;/h12-14H,8-11H2,1-7H3,(H2,18,19,20);1H. The summed E-state index contributed by atoms with van der Waals surface area (Å²) in [7, 11) is 3.49. The van der Waals surface area contributed by atoms with Crippen LogP contribution in [0.4, 0.5) is 0 Å². The fourth-order valence-electron chi connectivity index (χ4n) is 2.42. The van der Waals surface area contributed by atoms with Crippen molar-refractivity contribution in [3.63, 3.8) is 0 Å². The van der Waals surface area contributed by atoms with E-state index in [0.717, 1.165) is 19.4 Å². The minimum absolute atomic E-state index is 0. The third kappa shape index (κ3) is 8.50. The number of rotatable bonds is 4. The van der Waals surface area contributed by atoms with Gasteiger partial charge >= 0.3 is 0 Å². The summed E-state index contributed by atoms with van der Waals surface area (Å²) in [6.45, 7) is 11.7. The molecule has 0 aromatic carbocycles. The second-order valence-corrected chi connectivity index (χ2v) is 7.84. The van der Waals surface area contributed by atoms with Crippen LogP contribution in [0.25, 0.3) is 0 Å². The predicted molar refractivity (Wildman–Crippen MR) is 110 cm³/mol. The molecule has 0 aromatic rings. The number of hydrogen-bond acceptors (Lipinski definition) is 3. The van der Waals surface area contributed by atoms with Crippen molar-refractivity contribution in [3.8, 4) is 0 Å². The lowest BCUT2D eigenvalue weighted by molar-refractivity contribution is -0.127. The van der Waals surface area contributed by atoms with Crippen LogP contribution in [-0.4, -0.2) is 62.2 Å². The molecule has 1 fully saturated rings. The van der Waals surface area contributed by atoms with Crippen molar-refractivity contribution in [1.82, 2.24) is 15.5 Å². The van der Waals surface area contributed by atoms with Crippen LogP contribution in [0.1, 0.15) is 47.5 Å². The molecule has 1 amide bonds. The van der Waals surface area contributed by atoms with E-state index in [1.54, 1.807) is 19.0 Å². The van der Waals surface area contributed by atoms with Gasteiger partial charge in [-0.1, -0.05) is 20.8 Å².